The van der Waals surface area contributed by atoms with E-state index in [1.165, 1.54) is 0 Å². The first-order chi connectivity index (χ1) is 15.6. The fourth-order valence-electron chi connectivity index (χ4n) is 4.16. The molecular formula is C25H30N2O5. The summed E-state index contributed by atoms with van der Waals surface area (Å²) in [7, 11) is 1.61. The number of ether oxygens (including phenoxy) is 3. The second-order valence-corrected chi connectivity index (χ2v) is 8.23. The van der Waals surface area contributed by atoms with Crippen molar-refractivity contribution in [1.82, 2.24) is 9.80 Å². The van der Waals surface area contributed by atoms with E-state index in [1.807, 2.05) is 46.2 Å². The van der Waals surface area contributed by atoms with Crippen molar-refractivity contribution in [3.8, 4) is 11.5 Å². The van der Waals surface area contributed by atoms with Crippen LogP contribution in [0.4, 0.5) is 0 Å². The van der Waals surface area contributed by atoms with Gasteiger partial charge in [0.2, 0.25) is 0 Å². The number of carbonyl (C=O) groups is 2. The zero-order valence-corrected chi connectivity index (χ0v) is 18.5. The number of likely N-dealkylation sites (tertiary alicyclic amines) is 1. The second kappa shape index (κ2) is 10.5. The van der Waals surface area contributed by atoms with Crippen molar-refractivity contribution in [3.63, 3.8) is 0 Å². The molecule has 0 saturated carbocycles. The Morgan fingerprint density at radius 3 is 2.09 bits per heavy atom. The standard InChI is InChI=1S/C25H30N2O5/c1-30-22-8-4-21(5-9-22)25(29)27-12-2-3-19(17-27)18-32-23-10-6-20(7-11-23)24(28)26-13-15-31-16-14-26/h4-11,19H,2-3,12-18H2,1H3/t19-/m0/s1. The van der Waals surface area contributed by atoms with E-state index in [4.69, 9.17) is 14.2 Å². The number of morpholine rings is 1. The number of rotatable bonds is 6. The topological polar surface area (TPSA) is 68.3 Å². The van der Waals surface area contributed by atoms with Gasteiger partial charge in [0, 0.05) is 43.2 Å². The molecule has 2 amide bonds. The molecule has 2 aromatic carbocycles. The number of hydrogen-bond acceptors (Lipinski definition) is 5. The molecule has 7 heteroatoms. The summed E-state index contributed by atoms with van der Waals surface area (Å²) in [6, 6.07) is 14.5. The third-order valence-electron chi connectivity index (χ3n) is 6.03. The molecule has 0 radical (unpaired) electrons. The molecule has 2 fully saturated rings. The Morgan fingerprint density at radius 1 is 0.875 bits per heavy atom. The molecule has 0 aromatic heterocycles. The van der Waals surface area contributed by atoms with Gasteiger partial charge in [0.05, 0.1) is 26.9 Å². The molecule has 2 saturated heterocycles. The minimum absolute atomic E-state index is 0.0276. The lowest BCUT2D eigenvalue weighted by Gasteiger charge is -2.32. The van der Waals surface area contributed by atoms with E-state index >= 15 is 0 Å². The summed E-state index contributed by atoms with van der Waals surface area (Å²) in [5.41, 5.74) is 1.33. The van der Waals surface area contributed by atoms with Gasteiger partial charge >= 0.3 is 0 Å². The predicted octanol–water partition coefficient (Wildman–Crippen LogP) is 3.10. The number of nitrogens with zero attached hydrogens (tertiary/aromatic N) is 2. The van der Waals surface area contributed by atoms with E-state index in [1.54, 1.807) is 19.2 Å². The zero-order valence-electron chi connectivity index (χ0n) is 18.5. The maximum absolute atomic E-state index is 12.9. The van der Waals surface area contributed by atoms with Crippen LogP contribution in [-0.4, -0.2) is 74.7 Å². The maximum atomic E-state index is 12.9. The molecule has 0 unspecified atom stereocenters. The minimum atomic E-state index is 0.0276. The average Bonchev–Trinajstić information content (AvgIpc) is 2.87. The molecule has 2 aliphatic heterocycles. The maximum Gasteiger partial charge on any atom is 0.254 e. The fourth-order valence-corrected chi connectivity index (χ4v) is 4.16. The van der Waals surface area contributed by atoms with Crippen LogP contribution in [0.1, 0.15) is 33.6 Å². The quantitative estimate of drug-likeness (QED) is 0.693. The summed E-state index contributed by atoms with van der Waals surface area (Å²) in [4.78, 5) is 29.1. The highest BCUT2D eigenvalue weighted by Gasteiger charge is 2.25. The first-order valence-electron chi connectivity index (χ1n) is 11.2. The Hall–Kier alpha value is -3.06. The molecule has 170 valence electrons. The van der Waals surface area contributed by atoms with Crippen LogP contribution in [-0.2, 0) is 4.74 Å². The van der Waals surface area contributed by atoms with Crippen LogP contribution in [0.25, 0.3) is 0 Å². The van der Waals surface area contributed by atoms with Gasteiger partial charge < -0.3 is 24.0 Å². The van der Waals surface area contributed by atoms with Gasteiger partial charge in [0.15, 0.2) is 0 Å². The fraction of sp³-hybridized carbons (Fsp3) is 0.440. The van der Waals surface area contributed by atoms with E-state index in [2.05, 4.69) is 0 Å². The van der Waals surface area contributed by atoms with Crippen molar-refractivity contribution in [2.45, 2.75) is 12.8 Å². The van der Waals surface area contributed by atoms with Crippen molar-refractivity contribution in [2.75, 3.05) is 53.1 Å². The van der Waals surface area contributed by atoms with Crippen LogP contribution >= 0.6 is 0 Å². The summed E-state index contributed by atoms with van der Waals surface area (Å²) in [5.74, 6) is 1.83. The summed E-state index contributed by atoms with van der Waals surface area (Å²) in [6.45, 7) is 4.43. The number of amides is 2. The summed E-state index contributed by atoms with van der Waals surface area (Å²) < 4.78 is 16.5. The molecule has 0 aliphatic carbocycles. The lowest BCUT2D eigenvalue weighted by molar-refractivity contribution is 0.0303. The average molecular weight is 439 g/mol. The third-order valence-corrected chi connectivity index (χ3v) is 6.03. The predicted molar refractivity (Wildman–Crippen MR) is 120 cm³/mol. The minimum Gasteiger partial charge on any atom is -0.497 e. The van der Waals surface area contributed by atoms with Gasteiger partial charge in [-0.25, -0.2) is 0 Å². The largest absolute Gasteiger partial charge is 0.497 e. The van der Waals surface area contributed by atoms with Gasteiger partial charge in [-0.2, -0.15) is 0 Å². The molecule has 0 spiro atoms. The molecule has 2 heterocycles. The van der Waals surface area contributed by atoms with Crippen LogP contribution in [0.5, 0.6) is 11.5 Å². The van der Waals surface area contributed by atoms with Crippen molar-refractivity contribution >= 4 is 11.8 Å². The smallest absolute Gasteiger partial charge is 0.254 e. The Morgan fingerprint density at radius 2 is 1.47 bits per heavy atom. The van der Waals surface area contributed by atoms with Gasteiger partial charge in [0.25, 0.3) is 11.8 Å². The molecule has 0 N–H and O–H groups in total. The van der Waals surface area contributed by atoms with Gasteiger partial charge in [-0.15, -0.1) is 0 Å². The Bertz CT molecular complexity index is 907. The molecule has 1 atom stereocenters. The lowest BCUT2D eigenvalue weighted by atomic mass is 9.98. The normalized spacial score (nSPS) is 18.8. The van der Waals surface area contributed by atoms with E-state index in [9.17, 15) is 9.59 Å². The summed E-state index contributed by atoms with van der Waals surface area (Å²) in [6.07, 6.45) is 1.99. The summed E-state index contributed by atoms with van der Waals surface area (Å²) >= 11 is 0. The first kappa shape index (κ1) is 22.1. The Kier molecular flexibility index (Phi) is 7.27. The van der Waals surface area contributed by atoms with Crippen LogP contribution in [0.3, 0.4) is 0 Å². The van der Waals surface area contributed by atoms with E-state index in [-0.39, 0.29) is 17.7 Å². The van der Waals surface area contributed by atoms with Crippen molar-refractivity contribution in [3.05, 3.63) is 59.7 Å². The highest BCUT2D eigenvalue weighted by molar-refractivity contribution is 5.95. The van der Waals surface area contributed by atoms with Crippen LogP contribution in [0, 0.1) is 5.92 Å². The van der Waals surface area contributed by atoms with Crippen LogP contribution in [0.15, 0.2) is 48.5 Å². The number of carbonyl (C=O) groups excluding carboxylic acids is 2. The van der Waals surface area contributed by atoms with Crippen LogP contribution in [0.2, 0.25) is 0 Å². The molecule has 2 aliphatic rings. The number of benzene rings is 2. The van der Waals surface area contributed by atoms with E-state index in [0.717, 1.165) is 30.9 Å². The Labute approximate surface area is 188 Å². The number of hydrogen-bond donors (Lipinski definition) is 0. The molecular weight excluding hydrogens is 408 g/mol. The molecule has 4 rings (SSSR count). The SMILES string of the molecule is COc1ccc(C(=O)N2CCC[C@H](COc3ccc(C(=O)N4CCOCC4)cc3)C2)cc1. The molecule has 0 bridgehead atoms. The van der Waals surface area contributed by atoms with Crippen molar-refractivity contribution in [1.29, 1.82) is 0 Å². The third kappa shape index (κ3) is 5.40. The van der Waals surface area contributed by atoms with E-state index in [0.29, 0.717) is 50.6 Å². The molecule has 32 heavy (non-hydrogen) atoms. The molecule has 7 nitrogen and oxygen atoms in total. The van der Waals surface area contributed by atoms with Crippen LogP contribution < -0.4 is 9.47 Å². The van der Waals surface area contributed by atoms with Crippen molar-refractivity contribution < 1.29 is 23.8 Å². The monoisotopic (exact) mass is 438 g/mol. The van der Waals surface area contributed by atoms with E-state index < -0.39 is 0 Å². The number of methoxy groups -OCH3 is 1. The van der Waals surface area contributed by atoms with Gasteiger partial charge in [-0.1, -0.05) is 0 Å². The van der Waals surface area contributed by atoms with Gasteiger partial charge in [-0.3, -0.25) is 9.59 Å². The molecule has 2 aromatic rings. The number of piperidine rings is 1. The van der Waals surface area contributed by atoms with Gasteiger partial charge in [-0.05, 0) is 61.4 Å². The summed E-state index contributed by atoms with van der Waals surface area (Å²) in [5, 5.41) is 0. The highest BCUT2D eigenvalue weighted by atomic mass is 16.5. The second-order valence-electron chi connectivity index (χ2n) is 8.23. The lowest BCUT2D eigenvalue weighted by Crippen LogP contribution is -2.41. The zero-order chi connectivity index (χ0) is 22.3. The Balaban J connectivity index is 1.28. The first-order valence-corrected chi connectivity index (χ1v) is 11.2. The van der Waals surface area contributed by atoms with Crippen molar-refractivity contribution in [2.24, 2.45) is 5.92 Å². The van der Waals surface area contributed by atoms with Gasteiger partial charge in [0.1, 0.15) is 11.5 Å². The highest BCUT2D eigenvalue weighted by Crippen LogP contribution is 2.22.